The lowest BCUT2D eigenvalue weighted by Crippen LogP contribution is -2.19. The quantitative estimate of drug-likeness (QED) is 0.701. The minimum absolute atomic E-state index is 0.177. The molecule has 0 saturated carbocycles. The molecule has 0 fully saturated rings. The molecule has 0 saturated heterocycles. The van der Waals surface area contributed by atoms with Gasteiger partial charge in [-0.1, -0.05) is 60.7 Å². The van der Waals surface area contributed by atoms with Gasteiger partial charge in [0.2, 0.25) is 5.88 Å². The molecule has 0 spiro atoms. The van der Waals surface area contributed by atoms with Crippen molar-refractivity contribution in [2.45, 2.75) is 32.7 Å². The summed E-state index contributed by atoms with van der Waals surface area (Å²) in [7, 11) is 0. The Kier molecular flexibility index (Phi) is 5.49. The molecule has 5 heteroatoms. The predicted molar refractivity (Wildman–Crippen MR) is 98.8 cm³/mol. The molecule has 0 aliphatic heterocycles. The molecule has 0 amide bonds. The van der Waals surface area contributed by atoms with Crippen LogP contribution in [0.15, 0.2) is 66.7 Å². The van der Waals surface area contributed by atoms with Gasteiger partial charge in [-0.05, 0) is 25.0 Å². The van der Waals surface area contributed by atoms with Crippen molar-refractivity contribution in [1.29, 1.82) is 0 Å². The standard InChI is InChI=1S/C21H22N2O3/c1-21(2,24)18-13-19(25-14-16-9-5-3-6-10-16)23-20(22-18)26-15-17-11-7-4-8-12-17/h3-13,24H,14-15H2,1-2H3. The lowest BCUT2D eigenvalue weighted by molar-refractivity contribution is 0.0718. The molecule has 1 heterocycles. The van der Waals surface area contributed by atoms with Gasteiger partial charge < -0.3 is 14.6 Å². The van der Waals surface area contributed by atoms with Gasteiger partial charge in [0.1, 0.15) is 18.8 Å². The third-order valence-electron chi connectivity index (χ3n) is 3.75. The Bertz CT molecular complexity index is 769. The van der Waals surface area contributed by atoms with Crippen LogP contribution in [-0.4, -0.2) is 15.1 Å². The summed E-state index contributed by atoms with van der Waals surface area (Å²) in [6, 6.07) is 21.4. The van der Waals surface area contributed by atoms with Crippen LogP contribution in [0.5, 0.6) is 11.9 Å². The topological polar surface area (TPSA) is 64.5 Å². The minimum Gasteiger partial charge on any atom is -0.473 e. The van der Waals surface area contributed by atoms with Crippen molar-refractivity contribution in [1.82, 2.24) is 9.97 Å². The molecule has 5 nitrogen and oxygen atoms in total. The molecule has 134 valence electrons. The second-order valence-electron chi connectivity index (χ2n) is 6.48. The smallest absolute Gasteiger partial charge is 0.320 e. The number of benzene rings is 2. The van der Waals surface area contributed by atoms with Crippen molar-refractivity contribution in [3.63, 3.8) is 0 Å². The molecule has 0 radical (unpaired) electrons. The van der Waals surface area contributed by atoms with E-state index in [4.69, 9.17) is 9.47 Å². The average molecular weight is 350 g/mol. The van der Waals surface area contributed by atoms with E-state index in [9.17, 15) is 5.11 Å². The number of nitrogens with zero attached hydrogens (tertiary/aromatic N) is 2. The van der Waals surface area contributed by atoms with Crippen LogP contribution in [0, 0.1) is 0 Å². The maximum Gasteiger partial charge on any atom is 0.320 e. The first kappa shape index (κ1) is 17.9. The highest BCUT2D eigenvalue weighted by molar-refractivity contribution is 5.24. The molecule has 0 unspecified atom stereocenters. The number of hydrogen-bond acceptors (Lipinski definition) is 5. The Morgan fingerprint density at radius 3 is 1.88 bits per heavy atom. The van der Waals surface area contributed by atoms with Gasteiger partial charge in [0, 0.05) is 6.07 Å². The molecular weight excluding hydrogens is 328 g/mol. The predicted octanol–water partition coefficient (Wildman–Crippen LogP) is 3.86. The Labute approximate surface area is 153 Å². The van der Waals surface area contributed by atoms with Gasteiger partial charge >= 0.3 is 6.01 Å². The van der Waals surface area contributed by atoms with Gasteiger partial charge in [-0.15, -0.1) is 0 Å². The highest BCUT2D eigenvalue weighted by Crippen LogP contribution is 2.24. The molecule has 0 bridgehead atoms. The molecule has 0 aliphatic carbocycles. The Hall–Kier alpha value is -2.92. The maximum absolute atomic E-state index is 10.3. The largest absolute Gasteiger partial charge is 0.473 e. The summed E-state index contributed by atoms with van der Waals surface area (Å²) in [5, 5.41) is 10.3. The molecule has 2 aromatic carbocycles. The zero-order valence-electron chi connectivity index (χ0n) is 14.9. The summed E-state index contributed by atoms with van der Waals surface area (Å²) in [5.41, 5.74) is 1.36. The van der Waals surface area contributed by atoms with Crippen LogP contribution in [0.25, 0.3) is 0 Å². The van der Waals surface area contributed by atoms with Crippen LogP contribution in [0.1, 0.15) is 30.7 Å². The molecular formula is C21H22N2O3. The van der Waals surface area contributed by atoms with Crippen molar-refractivity contribution in [3.8, 4) is 11.9 Å². The SMILES string of the molecule is CC(C)(O)c1cc(OCc2ccccc2)nc(OCc2ccccc2)n1. The van der Waals surface area contributed by atoms with Crippen LogP contribution >= 0.6 is 0 Å². The van der Waals surface area contributed by atoms with Crippen LogP contribution in [0.4, 0.5) is 0 Å². The fraction of sp³-hybridized carbons (Fsp3) is 0.238. The zero-order valence-corrected chi connectivity index (χ0v) is 14.9. The van der Waals surface area contributed by atoms with Gasteiger partial charge in [0.15, 0.2) is 0 Å². The number of aromatic nitrogens is 2. The lowest BCUT2D eigenvalue weighted by atomic mass is 10.1. The second kappa shape index (κ2) is 7.97. The summed E-state index contributed by atoms with van der Waals surface area (Å²) in [4.78, 5) is 8.62. The molecule has 26 heavy (non-hydrogen) atoms. The fourth-order valence-corrected chi connectivity index (χ4v) is 2.31. The Morgan fingerprint density at radius 2 is 1.35 bits per heavy atom. The van der Waals surface area contributed by atoms with E-state index in [2.05, 4.69) is 9.97 Å². The fourth-order valence-electron chi connectivity index (χ4n) is 2.31. The molecule has 3 rings (SSSR count). The van der Waals surface area contributed by atoms with E-state index in [1.807, 2.05) is 60.7 Å². The molecule has 1 aromatic heterocycles. The third kappa shape index (κ3) is 5.04. The number of aliphatic hydroxyl groups is 1. The van der Waals surface area contributed by atoms with Crippen molar-refractivity contribution < 1.29 is 14.6 Å². The van der Waals surface area contributed by atoms with E-state index in [-0.39, 0.29) is 6.01 Å². The molecule has 3 aromatic rings. The number of hydrogen-bond donors (Lipinski definition) is 1. The number of ether oxygens (including phenoxy) is 2. The summed E-state index contributed by atoms with van der Waals surface area (Å²) in [5.74, 6) is 0.365. The average Bonchev–Trinajstić information content (AvgIpc) is 2.66. The van der Waals surface area contributed by atoms with Crippen molar-refractivity contribution >= 4 is 0 Å². The van der Waals surface area contributed by atoms with Crippen LogP contribution in [0.2, 0.25) is 0 Å². The second-order valence-corrected chi connectivity index (χ2v) is 6.48. The van der Waals surface area contributed by atoms with Crippen molar-refractivity contribution in [2.24, 2.45) is 0 Å². The van der Waals surface area contributed by atoms with E-state index in [0.29, 0.717) is 24.8 Å². The molecule has 0 atom stereocenters. The van der Waals surface area contributed by atoms with Gasteiger partial charge in [-0.3, -0.25) is 0 Å². The Morgan fingerprint density at radius 1 is 0.808 bits per heavy atom. The van der Waals surface area contributed by atoms with Crippen LogP contribution < -0.4 is 9.47 Å². The van der Waals surface area contributed by atoms with E-state index in [1.54, 1.807) is 19.9 Å². The first-order valence-corrected chi connectivity index (χ1v) is 8.46. The lowest BCUT2D eigenvalue weighted by Gasteiger charge is -2.18. The highest BCUT2D eigenvalue weighted by atomic mass is 16.5. The first-order chi connectivity index (χ1) is 12.5. The molecule has 0 aliphatic rings. The highest BCUT2D eigenvalue weighted by Gasteiger charge is 2.21. The summed E-state index contributed by atoms with van der Waals surface area (Å²) in [6.45, 7) is 4.05. The third-order valence-corrected chi connectivity index (χ3v) is 3.75. The summed E-state index contributed by atoms with van der Waals surface area (Å²) in [6.07, 6.45) is 0. The van der Waals surface area contributed by atoms with E-state index < -0.39 is 5.60 Å². The zero-order chi connectivity index (χ0) is 18.4. The van der Waals surface area contributed by atoms with Crippen LogP contribution in [0.3, 0.4) is 0 Å². The van der Waals surface area contributed by atoms with Crippen molar-refractivity contribution in [2.75, 3.05) is 0 Å². The van der Waals surface area contributed by atoms with E-state index in [0.717, 1.165) is 11.1 Å². The number of rotatable bonds is 7. The summed E-state index contributed by atoms with van der Waals surface area (Å²) < 4.78 is 11.5. The maximum atomic E-state index is 10.3. The van der Waals surface area contributed by atoms with Gasteiger partial charge in [0.05, 0.1) is 5.69 Å². The van der Waals surface area contributed by atoms with E-state index >= 15 is 0 Å². The van der Waals surface area contributed by atoms with Crippen molar-refractivity contribution in [3.05, 3.63) is 83.6 Å². The first-order valence-electron chi connectivity index (χ1n) is 8.46. The minimum atomic E-state index is -1.13. The molecule has 1 N–H and O–H groups in total. The van der Waals surface area contributed by atoms with Crippen LogP contribution in [-0.2, 0) is 18.8 Å². The Balaban J connectivity index is 1.77. The van der Waals surface area contributed by atoms with Gasteiger partial charge in [-0.25, -0.2) is 0 Å². The monoisotopic (exact) mass is 350 g/mol. The van der Waals surface area contributed by atoms with Gasteiger partial charge in [-0.2, -0.15) is 9.97 Å². The van der Waals surface area contributed by atoms with E-state index in [1.165, 1.54) is 0 Å². The normalized spacial score (nSPS) is 11.2. The van der Waals surface area contributed by atoms with Gasteiger partial charge in [0.25, 0.3) is 0 Å². The summed E-state index contributed by atoms with van der Waals surface area (Å²) >= 11 is 0.